The number of thiophene rings is 1. The minimum Gasteiger partial charge on any atom is -0.494 e. The van der Waals surface area contributed by atoms with E-state index in [-0.39, 0.29) is 17.0 Å². The molecule has 7 nitrogen and oxygen atoms in total. The van der Waals surface area contributed by atoms with Gasteiger partial charge in [0, 0.05) is 27.6 Å². The van der Waals surface area contributed by atoms with Crippen LogP contribution in [0.25, 0.3) is 21.3 Å². The molecule has 2 aromatic heterocycles. The van der Waals surface area contributed by atoms with E-state index in [0.717, 1.165) is 46.6 Å². The summed E-state index contributed by atoms with van der Waals surface area (Å²) < 4.78 is 7.71. The van der Waals surface area contributed by atoms with Gasteiger partial charge >= 0.3 is 5.97 Å². The van der Waals surface area contributed by atoms with Gasteiger partial charge in [-0.2, -0.15) is 4.91 Å². The Morgan fingerprint density at radius 2 is 2.06 bits per heavy atom. The monoisotopic (exact) mass is 452 g/mol. The zero-order valence-electron chi connectivity index (χ0n) is 18.2. The van der Waals surface area contributed by atoms with Crippen LogP contribution in [0.3, 0.4) is 0 Å². The van der Waals surface area contributed by atoms with Crippen molar-refractivity contribution in [3.63, 3.8) is 0 Å². The fourth-order valence-corrected chi connectivity index (χ4v) is 6.02. The molecule has 0 radical (unpaired) electrons. The Morgan fingerprint density at radius 1 is 1.31 bits per heavy atom. The van der Waals surface area contributed by atoms with Crippen molar-refractivity contribution in [3.05, 3.63) is 55.5 Å². The van der Waals surface area contributed by atoms with E-state index < -0.39 is 17.4 Å². The normalized spacial score (nSPS) is 19.5. The number of nitrogens with zero attached hydrogens (tertiary/aromatic N) is 2. The quantitative estimate of drug-likeness (QED) is 0.512. The minimum atomic E-state index is -1.23. The molecule has 3 aromatic rings. The highest BCUT2D eigenvalue weighted by atomic mass is 32.1. The molecule has 1 unspecified atom stereocenters. The van der Waals surface area contributed by atoms with Crippen LogP contribution in [0, 0.1) is 10.3 Å². The van der Waals surface area contributed by atoms with E-state index in [9.17, 15) is 19.6 Å². The predicted molar refractivity (Wildman–Crippen MR) is 124 cm³/mol. The molecule has 0 aliphatic heterocycles. The molecule has 2 heterocycles. The Hall–Kier alpha value is -3.00. The molecule has 1 aromatic carbocycles. The summed E-state index contributed by atoms with van der Waals surface area (Å²) in [4.78, 5) is 38.3. The van der Waals surface area contributed by atoms with Gasteiger partial charge in [0.1, 0.15) is 11.6 Å². The van der Waals surface area contributed by atoms with Gasteiger partial charge in [0.05, 0.1) is 18.0 Å². The Bertz CT molecular complexity index is 1330. The van der Waals surface area contributed by atoms with Crippen molar-refractivity contribution < 1.29 is 14.6 Å². The number of rotatable bonds is 5. The molecule has 2 aliphatic carbocycles. The Balaban J connectivity index is 1.75. The third kappa shape index (κ3) is 3.08. The smallest absolute Gasteiger partial charge is 0.341 e. The predicted octanol–water partition coefficient (Wildman–Crippen LogP) is 5.55. The number of hydrogen-bond acceptors (Lipinski definition) is 6. The van der Waals surface area contributed by atoms with Gasteiger partial charge in [0.15, 0.2) is 5.75 Å². The van der Waals surface area contributed by atoms with Gasteiger partial charge in [-0.15, -0.1) is 11.3 Å². The molecule has 1 fully saturated rings. The average molecular weight is 453 g/mol. The summed E-state index contributed by atoms with van der Waals surface area (Å²) >= 11 is 1.63. The summed E-state index contributed by atoms with van der Waals surface area (Å²) in [5.41, 5.74) is 1.50. The molecule has 32 heavy (non-hydrogen) atoms. The van der Waals surface area contributed by atoms with Crippen LogP contribution in [0.4, 0.5) is 0 Å². The lowest BCUT2D eigenvalue weighted by Crippen LogP contribution is -2.25. The van der Waals surface area contributed by atoms with Crippen LogP contribution < -0.4 is 10.2 Å². The van der Waals surface area contributed by atoms with E-state index >= 15 is 0 Å². The van der Waals surface area contributed by atoms with E-state index in [2.05, 4.69) is 19.0 Å². The maximum Gasteiger partial charge on any atom is 0.341 e. The third-order valence-corrected chi connectivity index (χ3v) is 8.01. The molecule has 5 rings (SSSR count). The first-order valence-electron chi connectivity index (χ1n) is 10.7. The SMILES string of the molecule is COc1c(-c2cc3c(s2)CCC(C)(C)C3N=O)ccc2c(=O)c(C(=O)O)cn(C3CC3)c12. The van der Waals surface area contributed by atoms with Crippen LogP contribution in [0.2, 0.25) is 0 Å². The van der Waals surface area contributed by atoms with Crippen LogP contribution in [0.5, 0.6) is 5.75 Å². The zero-order valence-corrected chi connectivity index (χ0v) is 19.0. The van der Waals surface area contributed by atoms with E-state index in [1.807, 2.05) is 16.7 Å². The van der Waals surface area contributed by atoms with Gasteiger partial charge in [-0.1, -0.05) is 19.0 Å². The average Bonchev–Trinajstić information content (AvgIpc) is 3.51. The molecular formula is C24H24N2O5S. The van der Waals surface area contributed by atoms with Crippen molar-refractivity contribution in [1.29, 1.82) is 0 Å². The molecule has 1 N–H and O–H groups in total. The number of carbonyl (C=O) groups is 1. The number of carboxylic acids is 1. The number of methoxy groups -OCH3 is 1. The third-order valence-electron chi connectivity index (χ3n) is 6.77. The molecule has 0 bridgehead atoms. The van der Waals surface area contributed by atoms with Gasteiger partial charge in [-0.25, -0.2) is 4.79 Å². The lowest BCUT2D eigenvalue weighted by molar-refractivity contribution is 0.0695. The number of aromatic carboxylic acids is 1. The fraction of sp³-hybridized carbons (Fsp3) is 0.417. The van der Waals surface area contributed by atoms with Gasteiger partial charge in [0.25, 0.3) is 0 Å². The summed E-state index contributed by atoms with van der Waals surface area (Å²) in [5, 5.41) is 13.3. The van der Waals surface area contributed by atoms with Gasteiger partial charge < -0.3 is 14.4 Å². The van der Waals surface area contributed by atoms with Crippen molar-refractivity contribution in [2.75, 3.05) is 7.11 Å². The topological polar surface area (TPSA) is 98.0 Å². The number of ether oxygens (including phenoxy) is 1. The standard InChI is InChI=1S/C24H24N2O5S/c1-24(2)9-8-17-15(22(24)25-30)10-18(32-17)13-6-7-14-19(21(13)31-3)26(12-4-5-12)11-16(20(14)27)23(28)29/h6-7,10-12,22H,4-5,8-9H2,1-3H3,(H,28,29). The van der Waals surface area contributed by atoms with Crippen molar-refractivity contribution in [3.8, 4) is 16.2 Å². The van der Waals surface area contributed by atoms with E-state index in [4.69, 9.17) is 4.74 Å². The highest BCUT2D eigenvalue weighted by Crippen LogP contribution is 2.51. The second-order valence-electron chi connectivity index (χ2n) is 9.34. The molecule has 0 amide bonds. The first-order valence-corrected chi connectivity index (χ1v) is 11.5. The molecule has 0 spiro atoms. The van der Waals surface area contributed by atoms with Crippen LogP contribution in [0.15, 0.2) is 34.4 Å². The fourth-order valence-electron chi connectivity index (χ4n) is 4.81. The number of benzene rings is 1. The molecular weight excluding hydrogens is 428 g/mol. The maximum atomic E-state index is 12.9. The number of aromatic nitrogens is 1. The molecule has 8 heteroatoms. The van der Waals surface area contributed by atoms with E-state index in [1.54, 1.807) is 24.5 Å². The molecule has 0 saturated heterocycles. The highest BCUT2D eigenvalue weighted by Gasteiger charge is 2.39. The first-order chi connectivity index (χ1) is 15.3. The van der Waals surface area contributed by atoms with Gasteiger partial charge in [-0.3, -0.25) is 4.79 Å². The van der Waals surface area contributed by atoms with Crippen molar-refractivity contribution in [2.45, 2.75) is 51.6 Å². The summed E-state index contributed by atoms with van der Waals surface area (Å²) in [6.07, 6.45) is 5.10. The Labute approximate surface area is 188 Å². The van der Waals surface area contributed by atoms with Crippen LogP contribution in [0.1, 0.15) is 66.0 Å². The van der Waals surface area contributed by atoms with Crippen LogP contribution in [-0.4, -0.2) is 22.8 Å². The largest absolute Gasteiger partial charge is 0.494 e. The second kappa shape index (κ2) is 7.27. The lowest BCUT2D eigenvalue weighted by atomic mass is 9.73. The summed E-state index contributed by atoms with van der Waals surface area (Å²) in [5.74, 6) is -0.674. The molecule has 166 valence electrons. The number of pyridine rings is 1. The van der Waals surface area contributed by atoms with Crippen LogP contribution in [-0.2, 0) is 6.42 Å². The van der Waals surface area contributed by atoms with Gasteiger partial charge in [-0.05, 0) is 54.9 Å². The number of aryl methyl sites for hydroxylation is 1. The lowest BCUT2D eigenvalue weighted by Gasteiger charge is -2.33. The minimum absolute atomic E-state index is 0.154. The van der Waals surface area contributed by atoms with Crippen molar-refractivity contribution in [2.24, 2.45) is 10.6 Å². The first kappa shape index (κ1) is 20.9. The number of nitroso groups, excluding NO2 is 1. The Morgan fingerprint density at radius 3 is 2.69 bits per heavy atom. The highest BCUT2D eigenvalue weighted by molar-refractivity contribution is 7.15. The molecule has 1 saturated carbocycles. The van der Waals surface area contributed by atoms with Crippen molar-refractivity contribution in [1.82, 2.24) is 4.57 Å². The number of hydrogen-bond donors (Lipinski definition) is 1. The summed E-state index contributed by atoms with van der Waals surface area (Å²) in [6.45, 7) is 4.15. The van der Waals surface area contributed by atoms with Crippen molar-refractivity contribution >= 4 is 28.2 Å². The molecule has 2 aliphatic rings. The maximum absolute atomic E-state index is 12.9. The zero-order chi connectivity index (χ0) is 22.8. The van der Waals surface area contributed by atoms with Gasteiger partial charge in [0.2, 0.25) is 5.43 Å². The number of fused-ring (bicyclic) bond motifs is 2. The van der Waals surface area contributed by atoms with Crippen LogP contribution >= 0.6 is 11.3 Å². The summed E-state index contributed by atoms with van der Waals surface area (Å²) in [6, 6.07) is 5.30. The second-order valence-corrected chi connectivity index (χ2v) is 10.5. The van der Waals surface area contributed by atoms with E-state index in [1.165, 1.54) is 6.20 Å². The number of carboxylic acid groups (broad SMARTS) is 1. The summed E-state index contributed by atoms with van der Waals surface area (Å²) in [7, 11) is 1.57. The van der Waals surface area contributed by atoms with E-state index in [0.29, 0.717) is 16.7 Å². The Kier molecular flexibility index (Phi) is 4.74. The molecule has 1 atom stereocenters.